The molecule has 2 aromatic heterocycles. The zero-order valence-corrected chi connectivity index (χ0v) is 12.1. The molecule has 1 aliphatic carbocycles. The summed E-state index contributed by atoms with van der Waals surface area (Å²) in [4.78, 5) is 5.83. The molecule has 0 radical (unpaired) electrons. The van der Waals surface area contributed by atoms with Gasteiger partial charge in [-0.2, -0.15) is 5.10 Å². The van der Waals surface area contributed by atoms with Crippen molar-refractivity contribution in [2.45, 2.75) is 45.1 Å². The van der Waals surface area contributed by atoms with Crippen molar-refractivity contribution in [3.8, 4) is 0 Å². The van der Waals surface area contributed by atoms with Crippen LogP contribution in [0.4, 0.5) is 0 Å². The van der Waals surface area contributed by atoms with E-state index in [2.05, 4.69) is 33.6 Å². The van der Waals surface area contributed by atoms with Crippen LogP contribution < -0.4 is 0 Å². The van der Waals surface area contributed by atoms with Gasteiger partial charge >= 0.3 is 0 Å². The first-order chi connectivity index (χ1) is 8.70. The Hall–Kier alpha value is -1.01. The molecule has 1 saturated carbocycles. The lowest BCUT2D eigenvalue weighted by Crippen LogP contribution is -2.10. The molecule has 1 aliphatic rings. The highest BCUT2D eigenvalue weighted by molar-refractivity contribution is 7.71. The van der Waals surface area contributed by atoms with E-state index in [1.54, 1.807) is 11.3 Å². The summed E-state index contributed by atoms with van der Waals surface area (Å²) in [5, 5.41) is 8.41. The van der Waals surface area contributed by atoms with E-state index in [1.807, 2.05) is 6.20 Å². The molecule has 0 spiro atoms. The Balaban J connectivity index is 1.98. The van der Waals surface area contributed by atoms with Gasteiger partial charge in [0.05, 0.1) is 6.04 Å². The molecule has 1 N–H and O–H groups in total. The fraction of sp³-hybridized carbons (Fsp3) is 0.583. The molecule has 0 aromatic carbocycles. The first kappa shape index (κ1) is 12.0. The molecule has 0 saturated heterocycles. The number of nitrogens with one attached hydrogen (secondary N) is 1. The maximum atomic E-state index is 5.35. The molecule has 2 aromatic rings. The van der Waals surface area contributed by atoms with Crippen LogP contribution in [-0.2, 0) is 6.42 Å². The van der Waals surface area contributed by atoms with Crippen LogP contribution in [0.3, 0.4) is 0 Å². The Bertz CT molecular complexity index is 606. The number of hydrogen-bond donors (Lipinski definition) is 1. The van der Waals surface area contributed by atoms with Gasteiger partial charge in [0.2, 0.25) is 0 Å². The second-order valence-electron chi connectivity index (χ2n) is 4.73. The molecule has 0 aliphatic heterocycles. The molecule has 4 nitrogen and oxygen atoms in total. The van der Waals surface area contributed by atoms with Gasteiger partial charge in [0.1, 0.15) is 10.8 Å². The summed E-state index contributed by atoms with van der Waals surface area (Å²) in [6, 6.07) is 0.178. The molecule has 0 bridgehead atoms. The number of H-pyrrole nitrogens is 1. The van der Waals surface area contributed by atoms with Crippen molar-refractivity contribution in [3.63, 3.8) is 0 Å². The number of rotatable bonds is 4. The van der Waals surface area contributed by atoms with Gasteiger partial charge < -0.3 is 0 Å². The molecule has 1 fully saturated rings. The topological polar surface area (TPSA) is 46.5 Å². The van der Waals surface area contributed by atoms with Gasteiger partial charge in [-0.05, 0) is 38.4 Å². The number of aromatic amines is 1. The fourth-order valence-electron chi connectivity index (χ4n) is 2.11. The van der Waals surface area contributed by atoms with E-state index < -0.39 is 0 Å². The third-order valence-electron chi connectivity index (χ3n) is 3.34. The van der Waals surface area contributed by atoms with Gasteiger partial charge in [0.25, 0.3) is 0 Å². The molecule has 1 unspecified atom stereocenters. The predicted molar refractivity (Wildman–Crippen MR) is 74.7 cm³/mol. The highest BCUT2D eigenvalue weighted by Gasteiger charge is 2.31. The van der Waals surface area contributed by atoms with Gasteiger partial charge in [-0.1, -0.05) is 6.92 Å². The van der Waals surface area contributed by atoms with E-state index in [0.29, 0.717) is 10.7 Å². The quantitative estimate of drug-likeness (QED) is 0.873. The van der Waals surface area contributed by atoms with Crippen LogP contribution in [0.2, 0.25) is 0 Å². The molecule has 2 heterocycles. The van der Waals surface area contributed by atoms with Gasteiger partial charge in [0.15, 0.2) is 4.77 Å². The minimum atomic E-state index is 0.178. The number of nitrogens with zero attached hydrogens (tertiary/aromatic N) is 3. The maximum absolute atomic E-state index is 5.35. The van der Waals surface area contributed by atoms with Crippen molar-refractivity contribution in [1.82, 2.24) is 19.7 Å². The Morgan fingerprint density at radius 2 is 2.39 bits per heavy atom. The van der Waals surface area contributed by atoms with E-state index >= 15 is 0 Å². The van der Waals surface area contributed by atoms with Crippen LogP contribution in [0.25, 0.3) is 0 Å². The zero-order valence-electron chi connectivity index (χ0n) is 10.5. The number of thiazole rings is 1. The largest absolute Gasteiger partial charge is 0.294 e. The minimum Gasteiger partial charge on any atom is -0.294 e. The fourth-order valence-corrected chi connectivity index (χ4v) is 3.31. The lowest BCUT2D eigenvalue weighted by atomic mass is 10.3. The lowest BCUT2D eigenvalue weighted by molar-refractivity contribution is 0.592. The molecule has 6 heteroatoms. The summed E-state index contributed by atoms with van der Waals surface area (Å²) in [5.74, 6) is 1.69. The normalized spacial score (nSPS) is 17.0. The summed E-state index contributed by atoms with van der Waals surface area (Å²) >= 11 is 7.12. The first-order valence-electron chi connectivity index (χ1n) is 6.32. The van der Waals surface area contributed by atoms with Crippen LogP contribution in [0.15, 0.2) is 6.20 Å². The van der Waals surface area contributed by atoms with E-state index in [9.17, 15) is 0 Å². The van der Waals surface area contributed by atoms with Crippen LogP contribution in [0.5, 0.6) is 0 Å². The highest BCUT2D eigenvalue weighted by Crippen LogP contribution is 2.40. The molecule has 18 heavy (non-hydrogen) atoms. The highest BCUT2D eigenvalue weighted by atomic mass is 32.1. The van der Waals surface area contributed by atoms with Gasteiger partial charge in [-0.25, -0.2) is 4.98 Å². The van der Waals surface area contributed by atoms with Crippen molar-refractivity contribution >= 4 is 23.6 Å². The van der Waals surface area contributed by atoms with Gasteiger partial charge in [-0.3, -0.25) is 9.67 Å². The van der Waals surface area contributed by atoms with Crippen molar-refractivity contribution in [3.05, 3.63) is 26.7 Å². The first-order valence-corrected chi connectivity index (χ1v) is 7.54. The summed E-state index contributed by atoms with van der Waals surface area (Å²) < 4.78 is 2.84. The second-order valence-corrected chi connectivity index (χ2v) is 6.26. The number of hydrogen-bond acceptors (Lipinski definition) is 4. The molecule has 0 amide bonds. The second kappa shape index (κ2) is 4.59. The van der Waals surface area contributed by atoms with Crippen LogP contribution in [-0.4, -0.2) is 19.7 Å². The standard InChI is InChI=1S/C12H16N4S2/c1-3-9-6-13-11(18-9)7(2)16-10(8-4-5-8)14-15-12(16)17/h6-8H,3-5H2,1-2H3,(H,15,17). The lowest BCUT2D eigenvalue weighted by Gasteiger charge is -2.12. The van der Waals surface area contributed by atoms with Crippen molar-refractivity contribution in [1.29, 1.82) is 0 Å². The van der Waals surface area contributed by atoms with Crippen LogP contribution in [0.1, 0.15) is 54.4 Å². The zero-order chi connectivity index (χ0) is 12.7. The van der Waals surface area contributed by atoms with E-state index in [4.69, 9.17) is 12.2 Å². The van der Waals surface area contributed by atoms with E-state index in [-0.39, 0.29) is 6.04 Å². The monoisotopic (exact) mass is 280 g/mol. The molecule has 1 atom stereocenters. The van der Waals surface area contributed by atoms with Gasteiger partial charge in [-0.15, -0.1) is 11.3 Å². The summed E-state index contributed by atoms with van der Waals surface area (Å²) in [7, 11) is 0. The molecular formula is C12H16N4S2. The number of aromatic nitrogens is 4. The average Bonchev–Trinajstić information content (AvgIpc) is 2.98. The minimum absolute atomic E-state index is 0.178. The smallest absolute Gasteiger partial charge is 0.195 e. The Morgan fingerprint density at radius 3 is 3.00 bits per heavy atom. The summed E-state index contributed by atoms with van der Waals surface area (Å²) in [6.45, 7) is 4.30. The molecule has 96 valence electrons. The molecular weight excluding hydrogens is 264 g/mol. The van der Waals surface area contributed by atoms with E-state index in [1.165, 1.54) is 17.7 Å². The van der Waals surface area contributed by atoms with Crippen LogP contribution >= 0.6 is 23.6 Å². The third-order valence-corrected chi connectivity index (χ3v) is 4.94. The SMILES string of the molecule is CCc1cnc(C(C)n2c(C3CC3)n[nH]c2=S)s1. The Morgan fingerprint density at radius 1 is 1.61 bits per heavy atom. The third kappa shape index (κ3) is 2.03. The van der Waals surface area contributed by atoms with Crippen LogP contribution in [0, 0.1) is 4.77 Å². The van der Waals surface area contributed by atoms with Crippen molar-refractivity contribution < 1.29 is 0 Å². The number of aryl methyl sites for hydroxylation is 1. The average molecular weight is 280 g/mol. The Labute approximate surface area is 115 Å². The predicted octanol–water partition coefficient (Wildman–Crippen LogP) is 3.45. The van der Waals surface area contributed by atoms with Crippen molar-refractivity contribution in [2.75, 3.05) is 0 Å². The summed E-state index contributed by atoms with van der Waals surface area (Å²) in [5.41, 5.74) is 0. The Kier molecular flexibility index (Phi) is 3.07. The van der Waals surface area contributed by atoms with E-state index in [0.717, 1.165) is 17.3 Å². The molecule has 3 rings (SSSR count). The van der Waals surface area contributed by atoms with Gasteiger partial charge in [0, 0.05) is 17.0 Å². The van der Waals surface area contributed by atoms with Crippen molar-refractivity contribution in [2.24, 2.45) is 0 Å². The summed E-state index contributed by atoms with van der Waals surface area (Å²) in [6.07, 6.45) is 5.46. The maximum Gasteiger partial charge on any atom is 0.195 e.